The van der Waals surface area contributed by atoms with Gasteiger partial charge in [-0.15, -0.1) is 0 Å². The minimum absolute atomic E-state index is 0.0781. The van der Waals surface area contributed by atoms with Gasteiger partial charge < -0.3 is 10.6 Å². The van der Waals surface area contributed by atoms with Crippen molar-refractivity contribution in [3.05, 3.63) is 55.7 Å². The van der Waals surface area contributed by atoms with Crippen molar-refractivity contribution in [2.75, 3.05) is 25.0 Å². The van der Waals surface area contributed by atoms with Gasteiger partial charge in [0.1, 0.15) is 0 Å². The van der Waals surface area contributed by atoms with Crippen LogP contribution in [0.5, 0.6) is 0 Å². The lowest BCUT2D eigenvalue weighted by molar-refractivity contribution is -0.384. The summed E-state index contributed by atoms with van der Waals surface area (Å²) in [4.78, 5) is 24.7. The van der Waals surface area contributed by atoms with Crippen molar-refractivity contribution in [3.63, 3.8) is 0 Å². The number of likely N-dealkylation sites (N-methyl/N-ethyl adjacent to an activating group) is 1. The van der Waals surface area contributed by atoms with Crippen LogP contribution in [0, 0.1) is 10.1 Å². The Bertz CT molecular complexity index is 750. The van der Waals surface area contributed by atoms with Crippen LogP contribution in [0.4, 0.5) is 16.2 Å². The number of nitro benzene ring substituents is 1. The largest absolute Gasteiger partial charge is 0.336 e. The molecule has 0 saturated carbocycles. The number of urea groups is 1. The molecule has 140 valence electrons. The van der Waals surface area contributed by atoms with E-state index in [4.69, 9.17) is 11.6 Å². The lowest BCUT2D eigenvalue weighted by atomic mass is 10.1. The molecule has 2 aromatic rings. The fraction of sp³-hybridized carbons (Fsp3) is 0.353. The molecular weight excluding hydrogens is 376 g/mol. The van der Waals surface area contributed by atoms with E-state index in [0.717, 1.165) is 18.7 Å². The minimum Gasteiger partial charge on any atom is -0.336 e. The van der Waals surface area contributed by atoms with Crippen LogP contribution in [-0.4, -0.2) is 35.5 Å². The van der Waals surface area contributed by atoms with Gasteiger partial charge in [-0.3, -0.25) is 15.0 Å². The third-order valence-electron chi connectivity index (χ3n) is 4.05. The van der Waals surface area contributed by atoms with E-state index >= 15 is 0 Å². The van der Waals surface area contributed by atoms with Crippen molar-refractivity contribution in [2.45, 2.75) is 19.9 Å². The van der Waals surface area contributed by atoms with Gasteiger partial charge in [-0.2, -0.15) is 11.3 Å². The number of amides is 2. The van der Waals surface area contributed by atoms with Crippen LogP contribution in [0.3, 0.4) is 0 Å². The second-order valence-electron chi connectivity index (χ2n) is 5.55. The molecule has 0 aliphatic heterocycles. The number of carbonyl (C=O) groups excluding carboxylic acids is 1. The molecule has 0 fully saturated rings. The highest BCUT2D eigenvalue weighted by Gasteiger charge is 2.19. The topological polar surface area (TPSA) is 87.5 Å². The van der Waals surface area contributed by atoms with E-state index in [1.807, 2.05) is 5.38 Å². The molecule has 2 amide bonds. The molecule has 0 radical (unpaired) electrons. The zero-order valence-corrected chi connectivity index (χ0v) is 16.1. The quantitative estimate of drug-likeness (QED) is 0.507. The number of nitrogens with zero attached hydrogens (tertiary/aromatic N) is 2. The molecule has 7 nitrogen and oxygen atoms in total. The Morgan fingerprint density at radius 2 is 2.08 bits per heavy atom. The standard InChI is InChI=1S/C17H21ClN4O3S/c1-3-21(4-2)16(12-7-8-26-11-12)10-19-17(23)20-15-6-5-13(22(24)25)9-14(15)18/h5-9,11,16H,3-4,10H2,1-2H3,(H2,19,20,23)/t16-/m1/s1. The molecule has 1 aromatic carbocycles. The highest BCUT2D eigenvalue weighted by atomic mass is 35.5. The Hall–Kier alpha value is -2.16. The summed E-state index contributed by atoms with van der Waals surface area (Å²) in [5.41, 5.74) is 1.36. The van der Waals surface area contributed by atoms with Crippen LogP contribution < -0.4 is 10.6 Å². The Kier molecular flexibility index (Phi) is 7.38. The molecule has 0 spiro atoms. The zero-order chi connectivity index (χ0) is 19.1. The monoisotopic (exact) mass is 396 g/mol. The van der Waals surface area contributed by atoms with Gasteiger partial charge in [0.25, 0.3) is 5.69 Å². The van der Waals surface area contributed by atoms with Crippen molar-refractivity contribution in [1.29, 1.82) is 0 Å². The van der Waals surface area contributed by atoms with E-state index in [-0.39, 0.29) is 16.8 Å². The summed E-state index contributed by atoms with van der Waals surface area (Å²) in [6.07, 6.45) is 0. The van der Waals surface area contributed by atoms with Gasteiger partial charge in [0, 0.05) is 18.7 Å². The molecule has 0 aliphatic rings. The van der Waals surface area contributed by atoms with Gasteiger partial charge in [0.05, 0.1) is 21.7 Å². The van der Waals surface area contributed by atoms with Crippen LogP contribution in [-0.2, 0) is 0 Å². The van der Waals surface area contributed by atoms with Gasteiger partial charge in [0.15, 0.2) is 0 Å². The second-order valence-corrected chi connectivity index (χ2v) is 6.74. The molecule has 1 aromatic heterocycles. The first-order valence-corrected chi connectivity index (χ1v) is 9.53. The smallest absolute Gasteiger partial charge is 0.319 e. The summed E-state index contributed by atoms with van der Waals surface area (Å²) in [7, 11) is 0. The molecule has 0 unspecified atom stereocenters. The van der Waals surface area contributed by atoms with Crippen molar-refractivity contribution in [2.24, 2.45) is 0 Å². The maximum absolute atomic E-state index is 12.2. The van der Waals surface area contributed by atoms with Gasteiger partial charge in [0.2, 0.25) is 0 Å². The van der Waals surface area contributed by atoms with E-state index in [1.165, 1.54) is 18.2 Å². The minimum atomic E-state index is -0.536. The average molecular weight is 397 g/mol. The number of nitrogens with one attached hydrogen (secondary N) is 2. The molecular formula is C17H21ClN4O3S. The molecule has 0 aliphatic carbocycles. The number of benzene rings is 1. The zero-order valence-electron chi connectivity index (χ0n) is 14.6. The van der Waals surface area contributed by atoms with Crippen LogP contribution in [0.2, 0.25) is 5.02 Å². The molecule has 9 heteroatoms. The molecule has 1 heterocycles. The summed E-state index contributed by atoms with van der Waals surface area (Å²) < 4.78 is 0. The number of nitro groups is 1. The number of non-ortho nitro benzene ring substituents is 1. The number of anilines is 1. The third kappa shape index (κ3) is 5.17. The predicted molar refractivity (Wildman–Crippen MR) is 105 cm³/mol. The van der Waals surface area contributed by atoms with E-state index in [9.17, 15) is 14.9 Å². The van der Waals surface area contributed by atoms with Gasteiger partial charge >= 0.3 is 6.03 Å². The molecule has 2 N–H and O–H groups in total. The van der Waals surface area contributed by atoms with E-state index in [1.54, 1.807) is 11.3 Å². The molecule has 26 heavy (non-hydrogen) atoms. The first-order chi connectivity index (χ1) is 12.5. The van der Waals surface area contributed by atoms with Crippen molar-refractivity contribution in [1.82, 2.24) is 10.2 Å². The first kappa shape index (κ1) is 20.2. The maximum Gasteiger partial charge on any atom is 0.319 e. The SMILES string of the molecule is CCN(CC)[C@H](CNC(=O)Nc1ccc([N+](=O)[O-])cc1Cl)c1ccsc1. The number of hydrogen-bond donors (Lipinski definition) is 2. The Morgan fingerprint density at radius 3 is 2.62 bits per heavy atom. The number of halogens is 1. The number of thiophene rings is 1. The van der Waals surface area contributed by atoms with E-state index in [2.05, 4.69) is 40.8 Å². The fourth-order valence-corrected chi connectivity index (χ4v) is 3.59. The second kappa shape index (κ2) is 9.51. The summed E-state index contributed by atoms with van der Waals surface area (Å²) in [5.74, 6) is 0. The van der Waals surface area contributed by atoms with Gasteiger partial charge in [-0.05, 0) is 41.5 Å². The van der Waals surface area contributed by atoms with Gasteiger partial charge in [-0.25, -0.2) is 4.79 Å². The fourth-order valence-electron chi connectivity index (χ4n) is 2.66. The van der Waals surface area contributed by atoms with Crippen molar-refractivity contribution >= 4 is 40.3 Å². The normalized spacial score (nSPS) is 12.0. The summed E-state index contributed by atoms with van der Waals surface area (Å²) in [6, 6.07) is 5.65. The van der Waals surface area contributed by atoms with Crippen LogP contribution in [0.15, 0.2) is 35.0 Å². The summed E-state index contributed by atoms with van der Waals surface area (Å²) in [6.45, 7) is 6.34. The number of hydrogen-bond acceptors (Lipinski definition) is 5. The number of carbonyl (C=O) groups is 1. The molecule has 1 atom stereocenters. The predicted octanol–water partition coefficient (Wildman–Crippen LogP) is 4.51. The van der Waals surface area contributed by atoms with E-state index in [0.29, 0.717) is 12.2 Å². The molecule has 0 bridgehead atoms. The van der Waals surface area contributed by atoms with E-state index < -0.39 is 11.0 Å². The lowest BCUT2D eigenvalue weighted by Crippen LogP contribution is -2.39. The average Bonchev–Trinajstić information content (AvgIpc) is 3.14. The van der Waals surface area contributed by atoms with Crippen LogP contribution in [0.25, 0.3) is 0 Å². The van der Waals surface area contributed by atoms with Crippen molar-refractivity contribution in [3.8, 4) is 0 Å². The Labute approximate surface area is 161 Å². The summed E-state index contributed by atoms with van der Waals surface area (Å²) >= 11 is 7.62. The van der Waals surface area contributed by atoms with Crippen molar-refractivity contribution < 1.29 is 9.72 Å². The molecule has 2 rings (SSSR count). The summed E-state index contributed by atoms with van der Waals surface area (Å²) in [5, 5.41) is 20.4. The Morgan fingerprint density at radius 1 is 1.35 bits per heavy atom. The highest BCUT2D eigenvalue weighted by Crippen LogP contribution is 2.27. The molecule has 0 saturated heterocycles. The van der Waals surface area contributed by atoms with Crippen LogP contribution >= 0.6 is 22.9 Å². The third-order valence-corrected chi connectivity index (χ3v) is 5.06. The number of rotatable bonds is 8. The Balaban J connectivity index is 2.01. The maximum atomic E-state index is 12.2. The van der Waals surface area contributed by atoms with Gasteiger partial charge in [-0.1, -0.05) is 25.4 Å². The lowest BCUT2D eigenvalue weighted by Gasteiger charge is -2.29. The first-order valence-electron chi connectivity index (χ1n) is 8.21. The highest BCUT2D eigenvalue weighted by molar-refractivity contribution is 7.07. The van der Waals surface area contributed by atoms with Crippen LogP contribution in [0.1, 0.15) is 25.5 Å².